The molecule has 1 aromatic heterocycles. The summed E-state index contributed by atoms with van der Waals surface area (Å²) >= 11 is 0. The number of nitrogens with one attached hydrogen (secondary N) is 7. The highest BCUT2D eigenvalue weighted by Crippen LogP contribution is 2.36. The number of carboxylic acid groups (broad SMARTS) is 1. The van der Waals surface area contributed by atoms with Crippen LogP contribution in [0.15, 0.2) is 17.5 Å². The number of aromatic amines is 1. The van der Waals surface area contributed by atoms with Crippen molar-refractivity contribution < 1.29 is 151 Å². The van der Waals surface area contributed by atoms with Crippen LogP contribution in [0, 0.1) is 53.3 Å². The lowest BCUT2D eigenvalue weighted by Gasteiger charge is -2.42. The predicted molar refractivity (Wildman–Crippen MR) is 507 cm³/mol. The van der Waals surface area contributed by atoms with Gasteiger partial charge in [-0.2, -0.15) is 0 Å². The summed E-state index contributed by atoms with van der Waals surface area (Å²) in [6, 6.07) is -14.1. The largest absolute Gasteiger partial charge is 0.481 e. The number of aliphatic hydroxyl groups is 7. The number of amides is 12. The van der Waals surface area contributed by atoms with Gasteiger partial charge in [-0.3, -0.25) is 106 Å². The molecule has 6 saturated heterocycles. The van der Waals surface area contributed by atoms with E-state index in [4.69, 9.17) is 32.4 Å². The molecule has 0 spiro atoms. The number of aliphatic imine (C=N–C) groups is 1. The monoisotopic (exact) mass is 2040 g/mol. The molecule has 7 rings (SSSR count). The third kappa shape index (κ3) is 33.3. The standard InChI is InChI=1S/C95H148N18O31/c1-46(2)60(37-59(119)41-102-87(136)63(96)36-58-40-100-45-103-58)85(134)108-80(53(9)118)76(126)34-57(42-114)84(133)104-49(5)89(138)110-27-13-20-67(110)75(125)33-56(35-79(128)129)71(121)39-62(54(10)143-94-48(4)81(130)82(131)77(44-116)144-94)72(122)32-55(17-11-25-101-95(98)99)92(141)112-29-15-21-68(112)88(137)106-51(7)90(139)109-26-12-18-65(109)70(120)23-24-78(127)107-64(43-115)73(123)38-61(52(8)117)86(135)105-50(6)91(140)113-30-16-22-69(113)93(142)111-28-14-19-66(111)74(124)31-47(3)83(97)132/h40,45-57,60-69,77,80-82,94,114-118,130-131H,11-39,41-44,96H2,1-10H3,(H2,97,132)(H,100,103)(H,102,136)(H,104,133)(H,105,135)(H,106,137)(H,107,127)(H,108,134)(H,128,129)(H4,98,99,101)/t47-,48?,49+,50+,51+,52?,53?,54?,55-,56+,57+,60+,61+,62+,63+,64+,65+,66+,67+,68+,69+,77?,80+,81-,82+,94+/m1/s1. The summed E-state index contributed by atoms with van der Waals surface area (Å²) < 4.78 is 12.1. The van der Waals surface area contributed by atoms with Gasteiger partial charge in [0.25, 0.3) is 0 Å². The van der Waals surface area contributed by atoms with Crippen LogP contribution in [0.1, 0.15) is 216 Å². The molecule has 6 aliphatic rings. The Kier molecular flexibility index (Phi) is 46.7. The average molecular weight is 2040 g/mol. The van der Waals surface area contributed by atoms with Gasteiger partial charge >= 0.3 is 5.97 Å². The molecular weight excluding hydrogens is 1890 g/mol. The smallest absolute Gasteiger partial charge is 0.304 e. The number of H-pyrrole nitrogens is 1. The number of likely N-dealkylation sites (tertiary alicyclic amines) is 5. The van der Waals surface area contributed by atoms with Crippen molar-refractivity contribution in [1.29, 1.82) is 0 Å². The Morgan fingerprint density at radius 1 is 0.528 bits per heavy atom. The number of nitrogens with two attached hydrogens (primary N) is 4. The Morgan fingerprint density at radius 2 is 1.05 bits per heavy atom. The number of ketones is 8. The molecule has 6 fully saturated rings. The zero-order chi connectivity index (χ0) is 107. The van der Waals surface area contributed by atoms with E-state index in [1.165, 1.54) is 87.5 Å². The van der Waals surface area contributed by atoms with Crippen molar-refractivity contribution in [2.24, 2.45) is 81.2 Å². The minimum absolute atomic E-state index is 0.0237. The highest BCUT2D eigenvalue weighted by Gasteiger charge is 2.50. The first-order chi connectivity index (χ1) is 67.9. The summed E-state index contributed by atoms with van der Waals surface area (Å²) in [6.45, 7) is 10.6. The SMILES string of the molecule is CC(C)[C@H](CC(=O)CNC(=O)[C@@H](N)Cc1cnc[nH]1)C(=O)N[C@H](C(=O)C[C@@H](CO)C(=O)N[C@@H](C)C(=O)N1CCC[C@H]1C(=O)C[C@@H](CC(=O)O)C(=O)C[C@H](C(=O)C[C@@H](CCCN=C(N)N)C(=O)N1CCC[C@H]1C(=O)N[C@@H](C)C(=O)N1CCC[C@H]1C(=O)CCC(=O)N[C@@H](CO)C(=O)C[C@H](C(=O)N[C@@H](C)C(=O)N1CCC[C@H]1C(=O)N1CCC[C@H]1C(=O)C[C@@H](C)C(N)=O)C(C)O)C(C)O[C@H]1OC(CO)[C@H](O)[C@H](O)C1C)C(C)O. The van der Waals surface area contributed by atoms with E-state index >= 15 is 14.4 Å². The van der Waals surface area contributed by atoms with Crippen molar-refractivity contribution in [3.8, 4) is 0 Å². The molecule has 49 heteroatoms. The molecule has 0 radical (unpaired) electrons. The van der Waals surface area contributed by atoms with E-state index in [0.29, 0.717) is 31.4 Å². The first-order valence-corrected chi connectivity index (χ1v) is 49.5. The minimum Gasteiger partial charge on any atom is -0.481 e. The average Bonchev–Trinajstić information content (AvgIpc) is 1.30. The number of carbonyl (C=O) groups is 21. The molecule has 0 aromatic carbocycles. The van der Waals surface area contributed by atoms with Crippen molar-refractivity contribution >= 4 is 129 Å². The fraction of sp³-hybridized carbons (Fsp3) is 0.737. The zero-order valence-corrected chi connectivity index (χ0v) is 83.5. The highest BCUT2D eigenvalue weighted by molar-refractivity contribution is 6.03. The number of aliphatic carboxylic acids is 1. The zero-order valence-electron chi connectivity index (χ0n) is 83.5. The Labute approximate surface area is 834 Å². The van der Waals surface area contributed by atoms with Crippen LogP contribution in [0.5, 0.6) is 0 Å². The van der Waals surface area contributed by atoms with Crippen LogP contribution in [0.25, 0.3) is 0 Å². The minimum atomic E-state index is -1.73. The van der Waals surface area contributed by atoms with Gasteiger partial charge < -0.3 is 135 Å². The molecule has 23 N–H and O–H groups in total. The van der Waals surface area contributed by atoms with Gasteiger partial charge in [0.15, 0.2) is 46.9 Å². The molecule has 0 bridgehead atoms. The molecule has 0 aliphatic carbocycles. The van der Waals surface area contributed by atoms with Crippen molar-refractivity contribution in [2.75, 3.05) is 65.6 Å². The summed E-state index contributed by atoms with van der Waals surface area (Å²) in [4.78, 5) is 309. The number of nitrogens with zero attached hydrogens (tertiary/aromatic N) is 7. The molecule has 7 heterocycles. The molecule has 804 valence electrons. The predicted octanol–water partition coefficient (Wildman–Crippen LogP) is -5.87. The van der Waals surface area contributed by atoms with E-state index in [0.717, 1.165) is 4.90 Å². The maximum atomic E-state index is 15.4. The number of aliphatic hydroxyl groups excluding tert-OH is 7. The summed E-state index contributed by atoms with van der Waals surface area (Å²) in [5.74, 6) is -28.7. The van der Waals surface area contributed by atoms with Gasteiger partial charge in [0.2, 0.25) is 70.9 Å². The number of carboxylic acids is 1. The molecule has 6 aliphatic heterocycles. The number of guanidine groups is 1. The fourth-order valence-corrected chi connectivity index (χ4v) is 19.4. The van der Waals surface area contributed by atoms with Gasteiger partial charge in [0.05, 0.1) is 105 Å². The Bertz CT molecular complexity index is 4740. The lowest BCUT2D eigenvalue weighted by molar-refractivity contribution is -0.295. The first-order valence-electron chi connectivity index (χ1n) is 49.5. The molecule has 0 saturated carbocycles. The topological polar surface area (TPSA) is 772 Å². The van der Waals surface area contributed by atoms with E-state index in [9.17, 15) is 127 Å². The number of rotatable bonds is 59. The fourth-order valence-electron chi connectivity index (χ4n) is 19.4. The lowest BCUT2D eigenvalue weighted by atomic mass is 9.81. The number of imidazole rings is 1. The normalized spacial score (nSPS) is 23.4. The van der Waals surface area contributed by atoms with Crippen LogP contribution in [-0.4, -0.2) is 379 Å². The van der Waals surface area contributed by atoms with Gasteiger partial charge in [-0.15, -0.1) is 0 Å². The maximum Gasteiger partial charge on any atom is 0.304 e. The van der Waals surface area contributed by atoms with Gasteiger partial charge in [-0.1, -0.05) is 27.7 Å². The van der Waals surface area contributed by atoms with Crippen LogP contribution in [0.4, 0.5) is 0 Å². The number of Topliss-reactive ketones (excluding diaryl/α,β-unsaturated/α-hetero) is 8. The second-order valence-corrected chi connectivity index (χ2v) is 39.3. The molecule has 26 atom stereocenters. The van der Waals surface area contributed by atoms with E-state index in [1.54, 1.807) is 13.8 Å². The van der Waals surface area contributed by atoms with Crippen molar-refractivity contribution in [3.05, 3.63) is 18.2 Å². The number of hydrogen-bond acceptors (Lipinski definition) is 33. The van der Waals surface area contributed by atoms with Crippen LogP contribution in [-0.2, 0) is 117 Å². The molecular formula is C95H148N18O31. The number of ether oxygens (including phenoxy) is 2. The summed E-state index contributed by atoms with van der Waals surface area (Å²) in [7, 11) is 0. The Balaban J connectivity index is 0.975. The van der Waals surface area contributed by atoms with E-state index < -0.39 is 364 Å². The number of primary amides is 1. The molecule has 1 aromatic rings. The lowest BCUT2D eigenvalue weighted by Crippen LogP contribution is -2.56. The van der Waals surface area contributed by atoms with E-state index in [2.05, 4.69) is 46.9 Å². The van der Waals surface area contributed by atoms with Crippen LogP contribution in [0.2, 0.25) is 0 Å². The summed E-state index contributed by atoms with van der Waals surface area (Å²) in [5.41, 5.74) is 23.3. The first kappa shape index (κ1) is 119. The summed E-state index contributed by atoms with van der Waals surface area (Å²) in [5, 5.41) is 99.6. The Hall–Kier alpha value is -11.4. The number of carbonyl (C=O) groups excluding carboxylic acids is 20. The number of hydrogen-bond donors (Lipinski definition) is 19. The van der Waals surface area contributed by atoms with E-state index in [1.807, 2.05) is 0 Å². The van der Waals surface area contributed by atoms with Crippen molar-refractivity contribution in [1.82, 2.24) is 66.4 Å². The third-order valence-electron chi connectivity index (χ3n) is 28.0. The highest BCUT2D eigenvalue weighted by atomic mass is 16.7. The third-order valence-corrected chi connectivity index (χ3v) is 28.0. The van der Waals surface area contributed by atoms with Crippen LogP contribution in [0.3, 0.4) is 0 Å². The van der Waals surface area contributed by atoms with E-state index in [-0.39, 0.29) is 115 Å². The Morgan fingerprint density at radius 3 is 1.58 bits per heavy atom. The van der Waals surface area contributed by atoms with Crippen molar-refractivity contribution in [2.45, 2.75) is 326 Å². The quantitative estimate of drug-likeness (QED) is 0.0164. The van der Waals surface area contributed by atoms with Gasteiger partial charge in [0.1, 0.15) is 66.1 Å². The van der Waals surface area contributed by atoms with Crippen LogP contribution < -0.4 is 54.8 Å². The van der Waals surface area contributed by atoms with Gasteiger partial charge in [0, 0.05) is 145 Å². The molecule has 5 unspecified atom stereocenters. The second kappa shape index (κ2) is 56.3. The molecule has 49 nitrogen and oxygen atoms in total. The van der Waals surface area contributed by atoms with Crippen molar-refractivity contribution in [3.63, 3.8) is 0 Å². The number of aromatic nitrogens is 2. The molecule has 12 amide bonds. The second-order valence-electron chi connectivity index (χ2n) is 39.3. The maximum absolute atomic E-state index is 15.4. The van der Waals surface area contributed by atoms with Gasteiger partial charge in [-0.25, -0.2) is 4.98 Å². The van der Waals surface area contributed by atoms with Gasteiger partial charge in [-0.05, 0) is 125 Å². The van der Waals surface area contributed by atoms with Crippen LogP contribution >= 0.6 is 0 Å². The molecule has 144 heavy (non-hydrogen) atoms. The summed E-state index contributed by atoms with van der Waals surface area (Å²) in [6.07, 6.45) is -12.2.